The van der Waals surface area contributed by atoms with E-state index >= 15 is 0 Å². The molecule has 2 aromatic rings. The average molecular weight is 431 g/mol. The second-order valence-electron chi connectivity index (χ2n) is 8.69. The molecule has 1 amide bonds. The fourth-order valence-corrected chi connectivity index (χ4v) is 4.86. The highest BCUT2D eigenvalue weighted by Crippen LogP contribution is 2.48. The zero-order chi connectivity index (χ0) is 21.7. The number of benzene rings is 2. The molecule has 1 saturated heterocycles. The lowest BCUT2D eigenvalue weighted by atomic mass is 9.96. The fourth-order valence-electron chi connectivity index (χ4n) is 4.22. The molecular formula is C22H26N2O5S. The molecule has 1 fully saturated rings. The lowest BCUT2D eigenvalue weighted by Gasteiger charge is -2.35. The zero-order valence-electron chi connectivity index (χ0n) is 17.5. The normalized spacial score (nSPS) is 23.3. The van der Waals surface area contributed by atoms with Gasteiger partial charge in [0.05, 0.1) is 18.0 Å². The van der Waals surface area contributed by atoms with Crippen LogP contribution in [0.4, 0.5) is 10.5 Å². The minimum atomic E-state index is -3.76. The molecule has 0 bridgehead atoms. The summed E-state index contributed by atoms with van der Waals surface area (Å²) in [6, 6.07) is 16.1. The Morgan fingerprint density at radius 3 is 2.30 bits per heavy atom. The van der Waals surface area contributed by atoms with Gasteiger partial charge < -0.3 is 4.74 Å². The van der Waals surface area contributed by atoms with Gasteiger partial charge in [0.1, 0.15) is 17.7 Å². The van der Waals surface area contributed by atoms with Gasteiger partial charge in [-0.05, 0) is 44.4 Å². The zero-order valence-corrected chi connectivity index (χ0v) is 18.3. The van der Waals surface area contributed by atoms with Crippen molar-refractivity contribution >= 4 is 21.9 Å². The second-order valence-corrected chi connectivity index (χ2v) is 10.3. The fraction of sp³-hybridized carbons (Fsp3) is 0.409. The lowest BCUT2D eigenvalue weighted by molar-refractivity contribution is 0.0146. The molecule has 0 spiro atoms. The highest BCUT2D eigenvalue weighted by atomic mass is 32.2. The number of hydrogen-bond acceptors (Lipinski definition) is 6. The van der Waals surface area contributed by atoms with Gasteiger partial charge >= 0.3 is 6.09 Å². The van der Waals surface area contributed by atoms with Crippen molar-refractivity contribution in [1.82, 2.24) is 5.01 Å². The van der Waals surface area contributed by atoms with E-state index in [0.29, 0.717) is 6.42 Å². The van der Waals surface area contributed by atoms with Gasteiger partial charge in [0.15, 0.2) is 0 Å². The summed E-state index contributed by atoms with van der Waals surface area (Å²) in [7, 11) is -3.76. The van der Waals surface area contributed by atoms with Gasteiger partial charge in [0.2, 0.25) is 0 Å². The topological polar surface area (TPSA) is 76.1 Å². The molecule has 0 radical (unpaired) electrons. The van der Waals surface area contributed by atoms with E-state index in [1.54, 1.807) is 20.8 Å². The third-order valence-corrected chi connectivity index (χ3v) is 5.75. The second kappa shape index (κ2) is 7.28. The van der Waals surface area contributed by atoms with Gasteiger partial charge in [-0.25, -0.2) is 9.80 Å². The summed E-state index contributed by atoms with van der Waals surface area (Å²) >= 11 is 0. The number of hydrogen-bond donors (Lipinski definition) is 0. The SMILES string of the molecule is CC(C)(C)OC(=O)N1[C@H](c2ccccc2)[C@@H](OS(C)(=O)=O)[C@@H]2Cc3ccccc3N21. The molecule has 160 valence electrons. The van der Waals surface area contributed by atoms with Crippen LogP contribution < -0.4 is 5.01 Å². The number of amides is 1. The molecule has 30 heavy (non-hydrogen) atoms. The van der Waals surface area contributed by atoms with E-state index in [1.165, 1.54) is 5.01 Å². The molecule has 2 heterocycles. The summed E-state index contributed by atoms with van der Waals surface area (Å²) in [5, 5.41) is 3.36. The van der Waals surface area contributed by atoms with Gasteiger partial charge in [-0.1, -0.05) is 48.5 Å². The number of hydrazine groups is 1. The first-order valence-corrected chi connectivity index (χ1v) is 11.7. The summed E-state index contributed by atoms with van der Waals surface area (Å²) in [5.74, 6) is 0. The Bertz CT molecular complexity index is 1050. The Kier molecular flexibility index (Phi) is 5.02. The van der Waals surface area contributed by atoms with Crippen molar-refractivity contribution in [3.8, 4) is 0 Å². The highest BCUT2D eigenvalue weighted by molar-refractivity contribution is 7.86. The summed E-state index contributed by atoms with van der Waals surface area (Å²) in [6.45, 7) is 5.41. The van der Waals surface area contributed by atoms with Crippen molar-refractivity contribution in [1.29, 1.82) is 0 Å². The molecule has 2 aliphatic heterocycles. The third-order valence-electron chi connectivity index (χ3n) is 5.18. The van der Waals surface area contributed by atoms with Crippen LogP contribution in [0.25, 0.3) is 0 Å². The minimum absolute atomic E-state index is 0.352. The first-order valence-electron chi connectivity index (χ1n) is 9.88. The maximum absolute atomic E-state index is 13.4. The number of fused-ring (bicyclic) bond motifs is 3. The van der Waals surface area contributed by atoms with Gasteiger partial charge in [-0.15, -0.1) is 0 Å². The monoisotopic (exact) mass is 430 g/mol. The largest absolute Gasteiger partial charge is 0.442 e. The minimum Gasteiger partial charge on any atom is -0.442 e. The summed E-state index contributed by atoms with van der Waals surface area (Å²) < 4.78 is 35.6. The molecule has 0 saturated carbocycles. The van der Waals surface area contributed by atoms with E-state index in [2.05, 4.69) is 0 Å². The molecule has 8 heteroatoms. The van der Waals surface area contributed by atoms with Crippen molar-refractivity contribution in [2.24, 2.45) is 0 Å². The van der Waals surface area contributed by atoms with Crippen LogP contribution in [0.15, 0.2) is 54.6 Å². The predicted molar refractivity (Wildman–Crippen MR) is 113 cm³/mol. The van der Waals surface area contributed by atoms with E-state index in [-0.39, 0.29) is 6.04 Å². The number of carbonyl (C=O) groups excluding carboxylic acids is 1. The Balaban J connectivity index is 1.86. The number of para-hydroxylation sites is 1. The van der Waals surface area contributed by atoms with Crippen LogP contribution in [0.5, 0.6) is 0 Å². The molecule has 4 rings (SSSR count). The van der Waals surface area contributed by atoms with Crippen LogP contribution in [0.1, 0.15) is 37.9 Å². The van der Waals surface area contributed by atoms with Gasteiger partial charge in [0.25, 0.3) is 10.1 Å². The number of anilines is 1. The highest BCUT2D eigenvalue weighted by Gasteiger charge is 2.56. The summed E-state index contributed by atoms with van der Waals surface area (Å²) in [4.78, 5) is 13.4. The lowest BCUT2D eigenvalue weighted by Crippen LogP contribution is -2.46. The molecular weight excluding hydrogens is 404 g/mol. The van der Waals surface area contributed by atoms with E-state index < -0.39 is 34.0 Å². The molecule has 0 aromatic heterocycles. The molecule has 0 unspecified atom stereocenters. The van der Waals surface area contributed by atoms with Crippen molar-refractivity contribution in [3.63, 3.8) is 0 Å². The van der Waals surface area contributed by atoms with Crippen LogP contribution in [-0.4, -0.2) is 43.5 Å². The van der Waals surface area contributed by atoms with Crippen molar-refractivity contribution in [2.45, 2.75) is 51.0 Å². The van der Waals surface area contributed by atoms with E-state index in [9.17, 15) is 13.2 Å². The number of rotatable bonds is 3. The number of ether oxygens (including phenoxy) is 1. The van der Waals surface area contributed by atoms with E-state index in [1.807, 2.05) is 59.6 Å². The van der Waals surface area contributed by atoms with Crippen LogP contribution in [0.3, 0.4) is 0 Å². The van der Waals surface area contributed by atoms with Gasteiger partial charge in [-0.3, -0.25) is 9.19 Å². The molecule has 7 nitrogen and oxygen atoms in total. The average Bonchev–Trinajstić information content (AvgIpc) is 3.15. The van der Waals surface area contributed by atoms with Crippen molar-refractivity contribution in [2.75, 3.05) is 11.3 Å². The first-order chi connectivity index (χ1) is 14.1. The Morgan fingerprint density at radius 1 is 1.03 bits per heavy atom. The quantitative estimate of drug-likeness (QED) is 0.692. The number of carbonyl (C=O) groups is 1. The van der Waals surface area contributed by atoms with E-state index in [4.69, 9.17) is 8.92 Å². The van der Waals surface area contributed by atoms with Crippen LogP contribution in [0.2, 0.25) is 0 Å². The Hall–Kier alpha value is -2.58. The first kappa shape index (κ1) is 20.7. The molecule has 3 atom stereocenters. The van der Waals surface area contributed by atoms with Crippen LogP contribution in [-0.2, 0) is 25.5 Å². The van der Waals surface area contributed by atoms with E-state index in [0.717, 1.165) is 23.1 Å². The summed E-state index contributed by atoms with van der Waals surface area (Å²) in [6.07, 6.45) is 0.288. The van der Waals surface area contributed by atoms with Crippen LogP contribution in [0, 0.1) is 0 Å². The van der Waals surface area contributed by atoms with Gasteiger partial charge in [0, 0.05) is 0 Å². The van der Waals surface area contributed by atoms with Crippen LogP contribution >= 0.6 is 0 Å². The number of nitrogens with zero attached hydrogens (tertiary/aromatic N) is 2. The standard InChI is InChI=1S/C22H26N2O5S/c1-22(2,3)28-21(25)24-19(15-10-6-5-7-11-15)20(29-30(4,26)27)18-14-16-12-8-9-13-17(16)23(18)24/h5-13,18-20H,14H2,1-4H3/t18-,19+,20-/m0/s1. The maximum Gasteiger partial charge on any atom is 0.430 e. The van der Waals surface area contributed by atoms with Crippen molar-refractivity contribution < 1.29 is 22.1 Å². The molecule has 2 aliphatic rings. The third kappa shape index (κ3) is 3.89. The molecule has 0 N–H and O–H groups in total. The Morgan fingerprint density at radius 2 is 1.67 bits per heavy atom. The Labute approximate surface area is 177 Å². The molecule has 2 aromatic carbocycles. The smallest absolute Gasteiger partial charge is 0.430 e. The maximum atomic E-state index is 13.4. The molecule has 0 aliphatic carbocycles. The van der Waals surface area contributed by atoms with Crippen molar-refractivity contribution in [3.05, 3.63) is 65.7 Å². The predicted octanol–water partition coefficient (Wildman–Crippen LogP) is 3.67. The van der Waals surface area contributed by atoms with Gasteiger partial charge in [-0.2, -0.15) is 8.42 Å². The summed E-state index contributed by atoms with van der Waals surface area (Å²) in [5.41, 5.74) is 1.96.